The summed E-state index contributed by atoms with van der Waals surface area (Å²) in [4.78, 5) is 22.3. The Kier molecular flexibility index (Phi) is 5.11. The van der Waals surface area contributed by atoms with E-state index in [0.29, 0.717) is 22.6 Å². The molecule has 3 rings (SSSR count). The van der Waals surface area contributed by atoms with Crippen LogP contribution < -0.4 is 4.74 Å². The first-order valence-electron chi connectivity index (χ1n) is 7.95. The van der Waals surface area contributed by atoms with Crippen molar-refractivity contribution < 1.29 is 19.2 Å². The van der Waals surface area contributed by atoms with Gasteiger partial charge in [0.05, 0.1) is 25.2 Å². The lowest BCUT2D eigenvalue weighted by Gasteiger charge is -2.10. The zero-order valence-corrected chi connectivity index (χ0v) is 14.6. The lowest BCUT2D eigenvalue weighted by molar-refractivity contribution is -0.385. The van der Waals surface area contributed by atoms with Crippen LogP contribution in [0.2, 0.25) is 0 Å². The van der Waals surface area contributed by atoms with Gasteiger partial charge in [-0.05, 0) is 25.1 Å². The smallest absolute Gasteiger partial charge is 0.361 e. The van der Waals surface area contributed by atoms with Crippen LogP contribution in [0.25, 0.3) is 11.3 Å². The number of aromatic amines is 1. The molecule has 11 nitrogen and oxygen atoms in total. The number of rotatable bonds is 7. The molecule has 0 aliphatic carbocycles. The van der Waals surface area contributed by atoms with Crippen molar-refractivity contribution in [3.63, 3.8) is 0 Å². The molecule has 1 aromatic carbocycles. The molecule has 0 bridgehead atoms. The monoisotopic (exact) mass is 372 g/mol. The van der Waals surface area contributed by atoms with Gasteiger partial charge in [-0.25, -0.2) is 4.79 Å². The Hall–Kier alpha value is -3.76. The number of carbonyl (C=O) groups is 1. The number of H-pyrrole nitrogens is 1. The number of aromatic nitrogens is 5. The minimum absolute atomic E-state index is 0.0719. The number of hydrogen-bond donors (Lipinski definition) is 1. The second-order valence-corrected chi connectivity index (χ2v) is 5.42. The SMILES string of the molecule is CCOC(=O)c1n[nH]nc1-c1ccc(OC)c(Cn2cc([N+](=O)[O-])cn2)c1. The van der Waals surface area contributed by atoms with Crippen LogP contribution in [-0.4, -0.2) is 49.8 Å². The van der Waals surface area contributed by atoms with E-state index in [4.69, 9.17) is 9.47 Å². The molecule has 0 aliphatic heterocycles. The fourth-order valence-corrected chi connectivity index (χ4v) is 2.53. The van der Waals surface area contributed by atoms with Gasteiger partial charge in [0.2, 0.25) is 0 Å². The zero-order valence-electron chi connectivity index (χ0n) is 14.6. The van der Waals surface area contributed by atoms with E-state index in [0.717, 1.165) is 0 Å². The molecule has 0 amide bonds. The van der Waals surface area contributed by atoms with Crippen molar-refractivity contribution >= 4 is 11.7 Å². The van der Waals surface area contributed by atoms with Gasteiger partial charge in [-0.3, -0.25) is 14.8 Å². The van der Waals surface area contributed by atoms with Crippen molar-refractivity contribution in [2.24, 2.45) is 0 Å². The van der Waals surface area contributed by atoms with Gasteiger partial charge in [-0.15, -0.1) is 5.10 Å². The maximum atomic E-state index is 12.0. The highest BCUT2D eigenvalue weighted by atomic mass is 16.6. The van der Waals surface area contributed by atoms with Gasteiger partial charge >= 0.3 is 11.7 Å². The number of nitrogens with one attached hydrogen (secondary N) is 1. The summed E-state index contributed by atoms with van der Waals surface area (Å²) in [7, 11) is 1.52. The lowest BCUT2D eigenvalue weighted by Crippen LogP contribution is -2.07. The average Bonchev–Trinajstić information content (AvgIpc) is 3.31. The Balaban J connectivity index is 1.95. The molecule has 3 aromatic rings. The van der Waals surface area contributed by atoms with Gasteiger partial charge in [0.15, 0.2) is 5.69 Å². The topological polar surface area (TPSA) is 138 Å². The molecule has 0 unspecified atom stereocenters. The fourth-order valence-electron chi connectivity index (χ4n) is 2.53. The van der Waals surface area contributed by atoms with E-state index in [2.05, 4.69) is 20.5 Å². The van der Waals surface area contributed by atoms with Gasteiger partial charge in [-0.2, -0.15) is 15.4 Å². The van der Waals surface area contributed by atoms with Crippen LogP contribution in [0.5, 0.6) is 5.75 Å². The summed E-state index contributed by atoms with van der Waals surface area (Å²) in [6.45, 7) is 2.15. The third-order valence-electron chi connectivity index (χ3n) is 3.73. The molecular formula is C16H16N6O5. The van der Waals surface area contributed by atoms with Crippen LogP contribution in [0, 0.1) is 10.1 Å². The van der Waals surface area contributed by atoms with Crippen LogP contribution in [-0.2, 0) is 11.3 Å². The highest BCUT2D eigenvalue weighted by Gasteiger charge is 2.20. The molecule has 0 atom stereocenters. The third kappa shape index (κ3) is 3.76. The van der Waals surface area contributed by atoms with E-state index in [1.807, 2.05) is 0 Å². The number of nitrogens with zero attached hydrogens (tertiary/aromatic N) is 5. The molecule has 1 N–H and O–H groups in total. The van der Waals surface area contributed by atoms with Crippen molar-refractivity contribution in [2.45, 2.75) is 13.5 Å². The van der Waals surface area contributed by atoms with Gasteiger partial charge in [0, 0.05) is 11.1 Å². The normalized spacial score (nSPS) is 10.6. The Morgan fingerprint density at radius 1 is 1.37 bits per heavy atom. The minimum Gasteiger partial charge on any atom is -0.496 e. The largest absolute Gasteiger partial charge is 0.496 e. The first-order valence-corrected chi connectivity index (χ1v) is 7.95. The van der Waals surface area contributed by atoms with Crippen LogP contribution in [0.3, 0.4) is 0 Å². The number of carbonyl (C=O) groups excluding carboxylic acids is 1. The number of methoxy groups -OCH3 is 1. The summed E-state index contributed by atoms with van der Waals surface area (Å²) in [5, 5.41) is 25.1. The molecule has 0 radical (unpaired) electrons. The summed E-state index contributed by atoms with van der Waals surface area (Å²) < 4.78 is 11.8. The van der Waals surface area contributed by atoms with E-state index >= 15 is 0 Å². The predicted octanol–water partition coefficient (Wildman–Crippen LogP) is 1.81. The van der Waals surface area contributed by atoms with Crippen molar-refractivity contribution in [1.29, 1.82) is 0 Å². The maximum absolute atomic E-state index is 12.0. The Morgan fingerprint density at radius 2 is 2.19 bits per heavy atom. The quantitative estimate of drug-likeness (QED) is 0.376. The molecule has 2 heterocycles. The van der Waals surface area contributed by atoms with Gasteiger partial charge < -0.3 is 9.47 Å². The standard InChI is InChI=1S/C16H16N6O5/c1-3-27-16(23)15-14(18-20-19-15)10-4-5-13(26-2)11(6-10)8-21-9-12(7-17-21)22(24)25/h4-7,9H,3,8H2,1-2H3,(H,18,19,20). The van der Waals surface area contributed by atoms with Crippen LogP contribution in [0.15, 0.2) is 30.6 Å². The molecule has 11 heteroatoms. The molecular weight excluding hydrogens is 356 g/mol. The van der Waals surface area contributed by atoms with Crippen molar-refractivity contribution in [3.8, 4) is 17.0 Å². The number of nitro groups is 1. The molecule has 0 spiro atoms. The van der Waals surface area contributed by atoms with E-state index in [1.165, 1.54) is 24.2 Å². The summed E-state index contributed by atoms with van der Waals surface area (Å²) in [5.74, 6) is -0.0144. The molecule has 0 fully saturated rings. The predicted molar refractivity (Wildman–Crippen MR) is 92.3 cm³/mol. The number of hydrogen-bond acceptors (Lipinski definition) is 8. The highest BCUT2D eigenvalue weighted by Crippen LogP contribution is 2.28. The molecule has 27 heavy (non-hydrogen) atoms. The van der Waals surface area contributed by atoms with E-state index in [1.54, 1.807) is 25.1 Å². The molecule has 0 saturated heterocycles. The van der Waals surface area contributed by atoms with Crippen LogP contribution >= 0.6 is 0 Å². The Labute approximate surface area is 153 Å². The summed E-state index contributed by atoms with van der Waals surface area (Å²) in [5.41, 5.74) is 1.62. The summed E-state index contributed by atoms with van der Waals surface area (Å²) in [6.07, 6.45) is 2.50. The van der Waals surface area contributed by atoms with Crippen LogP contribution in [0.4, 0.5) is 5.69 Å². The maximum Gasteiger partial charge on any atom is 0.361 e. The molecule has 0 saturated carbocycles. The van der Waals surface area contributed by atoms with E-state index in [-0.39, 0.29) is 24.5 Å². The Morgan fingerprint density at radius 3 is 2.85 bits per heavy atom. The summed E-state index contributed by atoms with van der Waals surface area (Å²) >= 11 is 0. The van der Waals surface area contributed by atoms with Crippen LogP contribution in [0.1, 0.15) is 23.0 Å². The Bertz CT molecular complexity index is 979. The minimum atomic E-state index is -0.582. The number of esters is 1. The van der Waals surface area contributed by atoms with Crippen molar-refractivity contribution in [1.82, 2.24) is 25.2 Å². The van der Waals surface area contributed by atoms with Crippen molar-refractivity contribution in [3.05, 3.63) is 52.0 Å². The van der Waals surface area contributed by atoms with Gasteiger partial charge in [0.25, 0.3) is 0 Å². The van der Waals surface area contributed by atoms with E-state index < -0.39 is 10.9 Å². The first kappa shape index (κ1) is 18.0. The van der Waals surface area contributed by atoms with E-state index in [9.17, 15) is 14.9 Å². The lowest BCUT2D eigenvalue weighted by atomic mass is 10.1. The van der Waals surface area contributed by atoms with Gasteiger partial charge in [-0.1, -0.05) is 0 Å². The zero-order chi connectivity index (χ0) is 19.4. The molecule has 140 valence electrons. The second kappa shape index (κ2) is 7.64. The third-order valence-corrected chi connectivity index (χ3v) is 3.73. The molecule has 2 aromatic heterocycles. The first-order chi connectivity index (χ1) is 13.0. The second-order valence-electron chi connectivity index (χ2n) is 5.42. The summed E-state index contributed by atoms with van der Waals surface area (Å²) in [6, 6.07) is 5.20. The fraction of sp³-hybridized carbons (Fsp3) is 0.250. The molecule has 0 aliphatic rings. The number of ether oxygens (including phenoxy) is 2. The highest BCUT2D eigenvalue weighted by molar-refractivity contribution is 5.94. The van der Waals surface area contributed by atoms with Gasteiger partial charge in [0.1, 0.15) is 23.8 Å². The number of benzene rings is 1. The van der Waals surface area contributed by atoms with Crippen molar-refractivity contribution in [2.75, 3.05) is 13.7 Å². The average molecular weight is 372 g/mol.